The van der Waals surface area contributed by atoms with Gasteiger partial charge in [0.1, 0.15) is 6.23 Å². The number of terminal acetylenes is 1. The molecular weight excluding hydrogens is 294 g/mol. The minimum Gasteiger partial charge on any atom is -0.356 e. The van der Waals surface area contributed by atoms with Crippen LogP contribution < -0.4 is 0 Å². The van der Waals surface area contributed by atoms with Crippen molar-refractivity contribution in [2.24, 2.45) is 11.8 Å². The second-order valence-corrected chi connectivity index (χ2v) is 7.76. The second kappa shape index (κ2) is 7.13. The van der Waals surface area contributed by atoms with Crippen LogP contribution in [0, 0.1) is 24.2 Å². The van der Waals surface area contributed by atoms with Crippen molar-refractivity contribution < 1.29 is 4.74 Å². The number of hydrogen-bond acceptors (Lipinski definition) is 2. The Labute approximate surface area is 146 Å². The van der Waals surface area contributed by atoms with Gasteiger partial charge in [0.25, 0.3) is 0 Å². The molecule has 1 aliphatic heterocycles. The van der Waals surface area contributed by atoms with E-state index in [4.69, 9.17) is 11.2 Å². The fourth-order valence-corrected chi connectivity index (χ4v) is 4.44. The van der Waals surface area contributed by atoms with Crippen LogP contribution in [0.1, 0.15) is 45.6 Å². The molecule has 0 bridgehead atoms. The molecule has 1 aromatic rings. The largest absolute Gasteiger partial charge is 0.356 e. The lowest BCUT2D eigenvalue weighted by atomic mass is 9.69. The molecule has 0 spiro atoms. The molecule has 1 aromatic carbocycles. The highest BCUT2D eigenvalue weighted by Gasteiger charge is 2.50. The van der Waals surface area contributed by atoms with Crippen LogP contribution in [0.5, 0.6) is 0 Å². The van der Waals surface area contributed by atoms with Crippen molar-refractivity contribution in [1.82, 2.24) is 4.90 Å². The van der Waals surface area contributed by atoms with Crippen molar-refractivity contribution in [3.05, 3.63) is 42.0 Å². The molecule has 1 saturated heterocycles. The van der Waals surface area contributed by atoms with E-state index in [9.17, 15) is 0 Å². The maximum absolute atomic E-state index is 6.57. The maximum atomic E-state index is 6.57. The Morgan fingerprint density at radius 3 is 2.75 bits per heavy atom. The summed E-state index contributed by atoms with van der Waals surface area (Å²) in [6.45, 7) is 7.63. The third-order valence-corrected chi connectivity index (χ3v) is 5.90. The summed E-state index contributed by atoms with van der Waals surface area (Å²) in [4.78, 5) is 2.35. The van der Waals surface area contributed by atoms with Crippen LogP contribution in [0.2, 0.25) is 0 Å². The molecule has 1 saturated carbocycles. The van der Waals surface area contributed by atoms with Gasteiger partial charge in [0, 0.05) is 11.5 Å². The van der Waals surface area contributed by atoms with Crippen molar-refractivity contribution in [3.63, 3.8) is 0 Å². The average Bonchev–Trinajstić information content (AvgIpc) is 2.58. The van der Waals surface area contributed by atoms with Gasteiger partial charge in [-0.1, -0.05) is 55.7 Å². The van der Waals surface area contributed by atoms with Gasteiger partial charge >= 0.3 is 0 Å². The molecule has 4 unspecified atom stereocenters. The van der Waals surface area contributed by atoms with Crippen LogP contribution in [0.15, 0.2) is 36.4 Å². The summed E-state index contributed by atoms with van der Waals surface area (Å²) in [5.41, 5.74) is 1.24. The Balaban J connectivity index is 1.88. The molecule has 128 valence electrons. The first kappa shape index (κ1) is 17.3. The van der Waals surface area contributed by atoms with Crippen molar-refractivity contribution in [2.45, 2.75) is 57.9 Å². The van der Waals surface area contributed by atoms with Crippen molar-refractivity contribution >= 4 is 6.08 Å². The molecule has 0 radical (unpaired) electrons. The van der Waals surface area contributed by atoms with E-state index in [1.807, 2.05) is 6.07 Å². The highest BCUT2D eigenvalue weighted by Crippen LogP contribution is 2.45. The molecule has 3 rings (SSSR count). The van der Waals surface area contributed by atoms with Gasteiger partial charge in [-0.3, -0.25) is 4.90 Å². The van der Waals surface area contributed by atoms with Gasteiger partial charge in [-0.15, -0.1) is 6.42 Å². The zero-order valence-corrected chi connectivity index (χ0v) is 15.1. The fraction of sp³-hybridized carbons (Fsp3) is 0.545. The number of hydrogen-bond donors (Lipinski definition) is 0. The van der Waals surface area contributed by atoms with Crippen molar-refractivity contribution in [2.75, 3.05) is 6.54 Å². The van der Waals surface area contributed by atoms with E-state index in [2.05, 4.69) is 68.0 Å². The van der Waals surface area contributed by atoms with Gasteiger partial charge < -0.3 is 4.74 Å². The van der Waals surface area contributed by atoms with Gasteiger partial charge in [0.05, 0.1) is 12.6 Å². The number of benzene rings is 1. The standard InChI is InChI=1S/C22H29NO/c1-5-16-23-20(15-14-18-11-7-6-8-12-18)24-21-17(2)10-9-13-19(21)22(23,3)4/h1,6-8,11-12,14-15,17,19-21H,9-10,13,16H2,2-4H3/b15-14+. The number of nitrogens with zero attached hydrogens (tertiary/aromatic N) is 1. The van der Waals surface area contributed by atoms with Gasteiger partial charge in [-0.05, 0) is 44.2 Å². The summed E-state index contributed by atoms with van der Waals surface area (Å²) >= 11 is 0. The molecule has 2 fully saturated rings. The van der Waals surface area contributed by atoms with E-state index in [0.29, 0.717) is 24.5 Å². The predicted octanol–water partition coefficient (Wildman–Crippen LogP) is 4.57. The molecule has 2 heteroatoms. The molecule has 24 heavy (non-hydrogen) atoms. The highest BCUT2D eigenvalue weighted by atomic mass is 16.5. The first-order chi connectivity index (χ1) is 11.5. The third-order valence-electron chi connectivity index (χ3n) is 5.90. The Morgan fingerprint density at radius 1 is 1.29 bits per heavy atom. The fourth-order valence-electron chi connectivity index (χ4n) is 4.44. The SMILES string of the molecule is C#CCN1C(/C=C/c2ccccc2)OC2C(C)CCCC2C1(C)C. The zero-order valence-electron chi connectivity index (χ0n) is 15.1. The topological polar surface area (TPSA) is 12.5 Å². The number of ether oxygens (including phenoxy) is 1. The molecule has 0 N–H and O–H groups in total. The van der Waals surface area contributed by atoms with Crippen molar-refractivity contribution in [3.8, 4) is 12.3 Å². The first-order valence-electron chi connectivity index (χ1n) is 9.13. The summed E-state index contributed by atoms with van der Waals surface area (Å²) in [7, 11) is 0. The van der Waals surface area contributed by atoms with Crippen LogP contribution in [0.4, 0.5) is 0 Å². The van der Waals surface area contributed by atoms with Gasteiger partial charge in [-0.25, -0.2) is 0 Å². The molecule has 0 amide bonds. The minimum absolute atomic E-state index is 0.0513. The predicted molar refractivity (Wildman–Crippen MR) is 100 cm³/mol. The lowest BCUT2D eigenvalue weighted by Crippen LogP contribution is -2.65. The summed E-state index contributed by atoms with van der Waals surface area (Å²) < 4.78 is 6.57. The lowest BCUT2D eigenvalue weighted by Gasteiger charge is -2.57. The molecule has 0 aromatic heterocycles. The molecular formula is C22H29NO. The van der Waals surface area contributed by atoms with E-state index < -0.39 is 0 Å². The normalized spacial score (nSPS) is 33.1. The van der Waals surface area contributed by atoms with E-state index in [1.54, 1.807) is 0 Å². The molecule has 2 aliphatic rings. The lowest BCUT2D eigenvalue weighted by molar-refractivity contribution is -0.220. The Kier molecular flexibility index (Phi) is 5.13. The van der Waals surface area contributed by atoms with Crippen LogP contribution in [0.25, 0.3) is 6.08 Å². The molecule has 4 atom stereocenters. The average molecular weight is 323 g/mol. The quantitative estimate of drug-likeness (QED) is 0.755. The maximum Gasteiger partial charge on any atom is 0.131 e. The first-order valence-corrected chi connectivity index (χ1v) is 9.13. The molecule has 1 aliphatic carbocycles. The summed E-state index contributed by atoms with van der Waals surface area (Å²) in [5.74, 6) is 4.01. The Hall–Kier alpha value is -1.56. The van der Waals surface area contributed by atoms with Gasteiger partial charge in [-0.2, -0.15) is 0 Å². The van der Waals surface area contributed by atoms with Crippen molar-refractivity contribution in [1.29, 1.82) is 0 Å². The van der Waals surface area contributed by atoms with Crippen LogP contribution in [-0.4, -0.2) is 29.3 Å². The summed E-state index contributed by atoms with van der Waals surface area (Å²) in [5, 5.41) is 0. The minimum atomic E-state index is -0.0574. The molecule has 1 heterocycles. The van der Waals surface area contributed by atoms with Crippen LogP contribution in [-0.2, 0) is 4.74 Å². The summed E-state index contributed by atoms with van der Waals surface area (Å²) in [6, 6.07) is 10.4. The van der Waals surface area contributed by atoms with Crippen LogP contribution >= 0.6 is 0 Å². The summed E-state index contributed by atoms with van der Waals surface area (Å²) in [6.07, 6.45) is 14.1. The monoisotopic (exact) mass is 323 g/mol. The molecule has 2 nitrogen and oxygen atoms in total. The number of fused-ring (bicyclic) bond motifs is 1. The van der Waals surface area contributed by atoms with E-state index in [0.717, 1.165) is 0 Å². The smallest absolute Gasteiger partial charge is 0.131 e. The number of rotatable bonds is 3. The third kappa shape index (κ3) is 3.29. The van der Waals surface area contributed by atoms with Gasteiger partial charge in [0.2, 0.25) is 0 Å². The van der Waals surface area contributed by atoms with E-state index >= 15 is 0 Å². The van der Waals surface area contributed by atoms with E-state index in [1.165, 1.54) is 24.8 Å². The highest BCUT2D eigenvalue weighted by molar-refractivity contribution is 5.49. The van der Waals surface area contributed by atoms with Gasteiger partial charge in [0.15, 0.2) is 0 Å². The zero-order chi connectivity index (χ0) is 17.2. The van der Waals surface area contributed by atoms with E-state index in [-0.39, 0.29) is 11.8 Å². The Morgan fingerprint density at radius 2 is 2.04 bits per heavy atom. The second-order valence-electron chi connectivity index (χ2n) is 7.76. The Bertz CT molecular complexity index is 613. The van der Waals surface area contributed by atoms with Crippen LogP contribution in [0.3, 0.4) is 0 Å².